The summed E-state index contributed by atoms with van der Waals surface area (Å²) in [6.07, 6.45) is 3.52. The number of benzene rings is 1. The molecule has 0 aliphatic carbocycles. The van der Waals surface area contributed by atoms with Crippen molar-refractivity contribution in [3.05, 3.63) is 75.9 Å². The number of carbonyl (C=O) groups is 1. The largest absolute Gasteiger partial charge is 0.364 e. The maximum Gasteiger partial charge on any atom is 0.364 e. The summed E-state index contributed by atoms with van der Waals surface area (Å²) in [5.74, 6) is -0.555. The number of nitrogens with one attached hydrogen (secondary N) is 1. The first-order valence-corrected chi connectivity index (χ1v) is 9.89. The molecule has 7 nitrogen and oxygen atoms in total. The number of carbonyl (C=O) groups excluding carboxylic acids is 1. The number of aromatic nitrogens is 5. The van der Waals surface area contributed by atoms with Crippen LogP contribution in [-0.4, -0.2) is 30.3 Å². The van der Waals surface area contributed by atoms with E-state index in [1.165, 1.54) is 6.07 Å². The minimum atomic E-state index is -3.65. The van der Waals surface area contributed by atoms with Gasteiger partial charge in [0.15, 0.2) is 11.3 Å². The molecule has 0 fully saturated rings. The van der Waals surface area contributed by atoms with Gasteiger partial charge in [-0.3, -0.25) is 9.48 Å². The number of halogens is 4. The SMILES string of the molecule is Cc1cc(C(F)(F)Cl)n2nc(C(=O)Nc3cccc(Cn4cc(Br)cn4)c3)cc2n1. The third kappa shape index (κ3) is 4.34. The molecular weight excluding hydrogens is 482 g/mol. The first-order valence-electron chi connectivity index (χ1n) is 8.72. The van der Waals surface area contributed by atoms with Crippen molar-refractivity contribution in [2.24, 2.45) is 0 Å². The lowest BCUT2D eigenvalue weighted by Crippen LogP contribution is -2.15. The Morgan fingerprint density at radius 1 is 1.30 bits per heavy atom. The molecule has 154 valence electrons. The van der Waals surface area contributed by atoms with Crippen LogP contribution in [0.15, 0.2) is 53.3 Å². The molecule has 0 saturated carbocycles. The van der Waals surface area contributed by atoms with Crippen molar-refractivity contribution >= 4 is 44.8 Å². The van der Waals surface area contributed by atoms with Crippen LogP contribution in [-0.2, 0) is 11.9 Å². The third-order valence-electron chi connectivity index (χ3n) is 4.21. The van der Waals surface area contributed by atoms with Crippen LogP contribution in [0.2, 0.25) is 0 Å². The Bertz CT molecular complexity index is 1250. The number of anilines is 1. The second kappa shape index (κ2) is 7.77. The third-order valence-corrected chi connectivity index (χ3v) is 4.81. The van der Waals surface area contributed by atoms with Gasteiger partial charge in [-0.15, -0.1) is 0 Å². The molecule has 1 aromatic carbocycles. The molecule has 4 rings (SSSR count). The number of aryl methyl sites for hydroxylation is 1. The van der Waals surface area contributed by atoms with Gasteiger partial charge in [0.1, 0.15) is 5.69 Å². The molecule has 0 unspecified atom stereocenters. The van der Waals surface area contributed by atoms with E-state index in [0.29, 0.717) is 17.9 Å². The molecule has 0 atom stereocenters. The maximum absolute atomic E-state index is 13.7. The smallest absolute Gasteiger partial charge is 0.321 e. The monoisotopic (exact) mass is 494 g/mol. The predicted molar refractivity (Wildman–Crippen MR) is 111 cm³/mol. The number of rotatable bonds is 5. The van der Waals surface area contributed by atoms with Crippen molar-refractivity contribution in [1.82, 2.24) is 24.4 Å². The van der Waals surface area contributed by atoms with Crippen molar-refractivity contribution in [2.45, 2.75) is 18.9 Å². The molecule has 0 spiro atoms. The Kier molecular flexibility index (Phi) is 5.29. The Morgan fingerprint density at radius 2 is 2.10 bits per heavy atom. The fourth-order valence-corrected chi connectivity index (χ4v) is 3.43. The lowest BCUT2D eigenvalue weighted by Gasteiger charge is -2.10. The van der Waals surface area contributed by atoms with Crippen molar-refractivity contribution < 1.29 is 13.6 Å². The zero-order chi connectivity index (χ0) is 21.5. The zero-order valence-corrected chi connectivity index (χ0v) is 17.8. The molecule has 0 aliphatic heterocycles. The van der Waals surface area contributed by atoms with E-state index in [0.717, 1.165) is 20.6 Å². The molecule has 0 radical (unpaired) electrons. The quantitative estimate of drug-likeness (QED) is 0.411. The average molecular weight is 496 g/mol. The van der Waals surface area contributed by atoms with Gasteiger partial charge in [-0.1, -0.05) is 12.1 Å². The highest BCUT2D eigenvalue weighted by Crippen LogP contribution is 2.32. The molecule has 0 bridgehead atoms. The van der Waals surface area contributed by atoms with Gasteiger partial charge in [-0.2, -0.15) is 19.0 Å². The van der Waals surface area contributed by atoms with E-state index in [4.69, 9.17) is 11.6 Å². The van der Waals surface area contributed by atoms with Crippen molar-refractivity contribution in [3.63, 3.8) is 0 Å². The minimum Gasteiger partial charge on any atom is -0.321 e. The normalized spacial score (nSPS) is 11.8. The van der Waals surface area contributed by atoms with Crippen LogP contribution in [0.25, 0.3) is 5.65 Å². The number of alkyl halides is 3. The fourth-order valence-electron chi connectivity index (χ4n) is 2.97. The van der Waals surface area contributed by atoms with Gasteiger partial charge in [-0.05, 0) is 58.2 Å². The highest BCUT2D eigenvalue weighted by molar-refractivity contribution is 9.10. The second-order valence-electron chi connectivity index (χ2n) is 6.59. The summed E-state index contributed by atoms with van der Waals surface area (Å²) in [7, 11) is 0. The van der Waals surface area contributed by atoms with Crippen LogP contribution in [0.5, 0.6) is 0 Å². The lowest BCUT2D eigenvalue weighted by molar-refractivity contribution is 0.0868. The zero-order valence-electron chi connectivity index (χ0n) is 15.5. The molecule has 30 heavy (non-hydrogen) atoms. The van der Waals surface area contributed by atoms with Crippen LogP contribution in [0.3, 0.4) is 0 Å². The van der Waals surface area contributed by atoms with E-state index < -0.39 is 17.0 Å². The Labute approximate surface area is 182 Å². The molecule has 11 heteroatoms. The van der Waals surface area contributed by atoms with Crippen molar-refractivity contribution in [1.29, 1.82) is 0 Å². The second-order valence-corrected chi connectivity index (χ2v) is 7.98. The summed E-state index contributed by atoms with van der Waals surface area (Å²) in [6, 6.07) is 9.67. The van der Waals surface area contributed by atoms with Gasteiger partial charge in [0.2, 0.25) is 0 Å². The molecule has 4 aromatic rings. The summed E-state index contributed by atoms with van der Waals surface area (Å²) in [5.41, 5.74) is 1.28. The minimum absolute atomic E-state index is 0.0586. The molecule has 1 N–H and O–H groups in total. The van der Waals surface area contributed by atoms with Gasteiger partial charge in [-0.25, -0.2) is 9.50 Å². The van der Waals surface area contributed by atoms with E-state index >= 15 is 0 Å². The summed E-state index contributed by atoms with van der Waals surface area (Å²) in [5, 5.41) is 7.24. The maximum atomic E-state index is 13.7. The Balaban J connectivity index is 1.58. The van der Waals surface area contributed by atoms with E-state index in [9.17, 15) is 13.6 Å². The van der Waals surface area contributed by atoms with Gasteiger partial charge in [0.05, 0.1) is 17.2 Å². The van der Waals surface area contributed by atoms with E-state index in [2.05, 4.69) is 36.4 Å². The van der Waals surface area contributed by atoms with Crippen molar-refractivity contribution in [3.8, 4) is 0 Å². The number of amides is 1. The van der Waals surface area contributed by atoms with Crippen LogP contribution >= 0.6 is 27.5 Å². The van der Waals surface area contributed by atoms with Gasteiger partial charge in [0.25, 0.3) is 5.91 Å². The van der Waals surface area contributed by atoms with Crippen LogP contribution < -0.4 is 5.32 Å². The molecule has 3 aromatic heterocycles. The summed E-state index contributed by atoms with van der Waals surface area (Å²) < 4.78 is 30.9. The molecule has 3 heterocycles. The molecule has 0 aliphatic rings. The van der Waals surface area contributed by atoms with Crippen LogP contribution in [0, 0.1) is 6.92 Å². The Morgan fingerprint density at radius 3 is 2.80 bits per heavy atom. The van der Waals surface area contributed by atoms with Gasteiger partial charge >= 0.3 is 5.38 Å². The summed E-state index contributed by atoms with van der Waals surface area (Å²) in [6.45, 7) is 2.07. The summed E-state index contributed by atoms with van der Waals surface area (Å²) in [4.78, 5) is 16.8. The number of nitrogens with zero attached hydrogens (tertiary/aromatic N) is 5. The highest BCUT2D eigenvalue weighted by atomic mass is 79.9. The number of hydrogen-bond acceptors (Lipinski definition) is 4. The first kappa shape index (κ1) is 20.4. The predicted octanol–water partition coefficient (Wildman–Crippen LogP) is 4.59. The average Bonchev–Trinajstić information content (AvgIpc) is 3.26. The van der Waals surface area contributed by atoms with E-state index in [1.54, 1.807) is 36.0 Å². The molecule has 1 amide bonds. The lowest BCUT2D eigenvalue weighted by atomic mass is 10.2. The van der Waals surface area contributed by atoms with E-state index in [-0.39, 0.29) is 11.3 Å². The molecule has 0 saturated heterocycles. The Hall–Kier alpha value is -2.85. The van der Waals surface area contributed by atoms with Crippen LogP contribution in [0.1, 0.15) is 27.4 Å². The van der Waals surface area contributed by atoms with E-state index in [1.807, 2.05) is 12.3 Å². The molecular formula is C19H14BrClF2N6O. The highest BCUT2D eigenvalue weighted by Gasteiger charge is 2.32. The number of fused-ring (bicyclic) bond motifs is 1. The van der Waals surface area contributed by atoms with Crippen LogP contribution in [0.4, 0.5) is 14.5 Å². The summed E-state index contributed by atoms with van der Waals surface area (Å²) >= 11 is 8.53. The first-order chi connectivity index (χ1) is 14.2. The number of hydrogen-bond donors (Lipinski definition) is 1. The van der Waals surface area contributed by atoms with Gasteiger partial charge < -0.3 is 5.32 Å². The standard InChI is InChI=1S/C19H14BrClF2N6O/c1-11-5-16(19(21,22)23)29-17(25-11)7-15(27-29)18(30)26-14-4-2-3-12(6-14)9-28-10-13(20)8-24-28/h2-8,10H,9H2,1H3,(H,26,30). The van der Waals surface area contributed by atoms with Gasteiger partial charge in [0, 0.05) is 23.6 Å². The van der Waals surface area contributed by atoms with Crippen molar-refractivity contribution in [2.75, 3.05) is 5.32 Å². The fraction of sp³-hybridized carbons (Fsp3) is 0.158. The topological polar surface area (TPSA) is 77.1 Å².